The Morgan fingerprint density at radius 2 is 1.77 bits per heavy atom. The molecule has 0 aromatic heterocycles. The monoisotopic (exact) mass is 350 g/mol. The molecule has 1 saturated heterocycles. The number of benzene rings is 2. The molecule has 26 heavy (non-hydrogen) atoms. The number of ether oxygens (including phenoxy) is 1. The summed E-state index contributed by atoms with van der Waals surface area (Å²) in [5, 5.41) is 2.99. The highest BCUT2D eigenvalue weighted by molar-refractivity contribution is 5.91. The maximum absolute atomic E-state index is 12.1. The lowest BCUT2D eigenvalue weighted by atomic mass is 10.1. The number of amides is 1. The second-order valence-corrected chi connectivity index (χ2v) is 6.62. The van der Waals surface area contributed by atoms with Crippen LogP contribution in [0.3, 0.4) is 0 Å². The van der Waals surface area contributed by atoms with Crippen LogP contribution in [0.25, 0.3) is 6.08 Å². The van der Waals surface area contributed by atoms with Gasteiger partial charge in [-0.15, -0.1) is 0 Å². The topological polar surface area (TPSA) is 41.6 Å². The quantitative estimate of drug-likeness (QED) is 0.814. The minimum absolute atomic E-state index is 0.0771. The molecule has 0 aliphatic carbocycles. The fraction of sp³-hybridized carbons (Fsp3) is 0.318. The van der Waals surface area contributed by atoms with Gasteiger partial charge in [0.05, 0.1) is 13.2 Å². The normalized spacial score (nSPS) is 15.3. The summed E-state index contributed by atoms with van der Waals surface area (Å²) in [6.45, 7) is 6.99. The van der Waals surface area contributed by atoms with Crippen molar-refractivity contribution in [1.29, 1.82) is 0 Å². The minimum atomic E-state index is -0.0771. The standard InChI is InChI=1S/C22H26N2O2/c1-18-6-8-19(9-7-18)10-11-22(25)23-16-20-4-2-3-5-21(20)17-24-12-14-26-15-13-24/h2-11H,12-17H2,1H3,(H,23,25)/b11-10+. The van der Waals surface area contributed by atoms with Gasteiger partial charge >= 0.3 is 0 Å². The Balaban J connectivity index is 1.55. The first kappa shape index (κ1) is 18.4. The first-order valence-corrected chi connectivity index (χ1v) is 9.10. The molecule has 0 spiro atoms. The van der Waals surface area contributed by atoms with E-state index in [2.05, 4.69) is 35.3 Å². The van der Waals surface area contributed by atoms with Gasteiger partial charge in [0.25, 0.3) is 0 Å². The summed E-state index contributed by atoms with van der Waals surface area (Å²) in [6.07, 6.45) is 3.43. The van der Waals surface area contributed by atoms with E-state index in [0.717, 1.165) is 44.0 Å². The molecular formula is C22H26N2O2. The van der Waals surface area contributed by atoms with Gasteiger partial charge in [-0.3, -0.25) is 9.69 Å². The highest BCUT2D eigenvalue weighted by Gasteiger charge is 2.12. The molecule has 0 radical (unpaired) electrons. The zero-order valence-corrected chi connectivity index (χ0v) is 15.3. The number of carbonyl (C=O) groups excluding carboxylic acids is 1. The maximum atomic E-state index is 12.1. The van der Waals surface area contributed by atoms with Gasteiger partial charge in [-0.05, 0) is 29.7 Å². The van der Waals surface area contributed by atoms with E-state index in [1.54, 1.807) is 6.08 Å². The summed E-state index contributed by atoms with van der Waals surface area (Å²) >= 11 is 0. The SMILES string of the molecule is Cc1ccc(/C=C/C(=O)NCc2ccccc2CN2CCOCC2)cc1. The van der Waals surface area contributed by atoms with Gasteiger partial charge in [-0.1, -0.05) is 54.1 Å². The van der Waals surface area contributed by atoms with Gasteiger partial charge in [-0.2, -0.15) is 0 Å². The van der Waals surface area contributed by atoms with Crippen LogP contribution in [0, 0.1) is 6.92 Å². The summed E-state index contributed by atoms with van der Waals surface area (Å²) in [6, 6.07) is 16.4. The van der Waals surface area contributed by atoms with Crippen molar-refractivity contribution < 1.29 is 9.53 Å². The lowest BCUT2D eigenvalue weighted by Gasteiger charge is -2.27. The van der Waals surface area contributed by atoms with Crippen LogP contribution in [0.1, 0.15) is 22.3 Å². The second kappa shape index (κ2) is 9.32. The largest absolute Gasteiger partial charge is 0.379 e. The van der Waals surface area contributed by atoms with Crippen LogP contribution in [0.2, 0.25) is 0 Å². The molecule has 0 saturated carbocycles. The van der Waals surface area contributed by atoms with Crippen LogP contribution in [0.5, 0.6) is 0 Å². The molecule has 1 aliphatic rings. The van der Waals surface area contributed by atoms with Crippen LogP contribution >= 0.6 is 0 Å². The molecule has 2 aromatic carbocycles. The van der Waals surface area contributed by atoms with Gasteiger partial charge in [0.15, 0.2) is 0 Å². The number of morpholine rings is 1. The molecule has 2 aromatic rings. The van der Waals surface area contributed by atoms with E-state index in [-0.39, 0.29) is 5.91 Å². The van der Waals surface area contributed by atoms with Gasteiger partial charge in [0, 0.05) is 32.3 Å². The number of carbonyl (C=O) groups is 1. The third-order valence-corrected chi connectivity index (χ3v) is 4.57. The molecule has 0 unspecified atom stereocenters. The zero-order chi connectivity index (χ0) is 18.2. The Labute approximate surface area is 155 Å². The van der Waals surface area contributed by atoms with Crippen molar-refractivity contribution in [3.8, 4) is 0 Å². The van der Waals surface area contributed by atoms with E-state index in [0.29, 0.717) is 6.54 Å². The molecule has 1 fully saturated rings. The van der Waals surface area contributed by atoms with Crippen molar-refractivity contribution in [2.75, 3.05) is 26.3 Å². The van der Waals surface area contributed by atoms with Crippen molar-refractivity contribution in [3.05, 3.63) is 76.9 Å². The van der Waals surface area contributed by atoms with Crippen molar-refractivity contribution in [1.82, 2.24) is 10.2 Å². The van der Waals surface area contributed by atoms with Gasteiger partial charge in [-0.25, -0.2) is 0 Å². The van der Waals surface area contributed by atoms with Gasteiger partial charge in [0.2, 0.25) is 5.91 Å². The number of rotatable bonds is 6. The molecule has 136 valence electrons. The summed E-state index contributed by atoms with van der Waals surface area (Å²) in [7, 11) is 0. The van der Waals surface area contributed by atoms with Crippen LogP contribution < -0.4 is 5.32 Å². The van der Waals surface area contributed by atoms with E-state index in [4.69, 9.17) is 4.74 Å². The van der Waals surface area contributed by atoms with E-state index in [1.807, 2.05) is 36.4 Å². The van der Waals surface area contributed by atoms with Crippen LogP contribution in [0.4, 0.5) is 0 Å². The maximum Gasteiger partial charge on any atom is 0.244 e. The summed E-state index contributed by atoms with van der Waals surface area (Å²) in [5.74, 6) is -0.0771. The summed E-state index contributed by atoms with van der Waals surface area (Å²) in [5.41, 5.74) is 4.66. The predicted molar refractivity (Wildman–Crippen MR) is 105 cm³/mol. The first-order chi connectivity index (χ1) is 12.7. The molecule has 0 atom stereocenters. The van der Waals surface area contributed by atoms with Crippen LogP contribution in [-0.4, -0.2) is 37.1 Å². The van der Waals surface area contributed by atoms with E-state index in [9.17, 15) is 4.79 Å². The Morgan fingerprint density at radius 3 is 2.50 bits per heavy atom. The fourth-order valence-electron chi connectivity index (χ4n) is 2.98. The highest BCUT2D eigenvalue weighted by Crippen LogP contribution is 2.13. The zero-order valence-electron chi connectivity index (χ0n) is 15.3. The van der Waals surface area contributed by atoms with Crippen LogP contribution in [0.15, 0.2) is 54.6 Å². The number of aryl methyl sites for hydroxylation is 1. The number of nitrogens with zero attached hydrogens (tertiary/aromatic N) is 1. The molecular weight excluding hydrogens is 324 g/mol. The smallest absolute Gasteiger partial charge is 0.244 e. The molecule has 4 heteroatoms. The van der Waals surface area contributed by atoms with Gasteiger partial charge < -0.3 is 10.1 Å². The molecule has 1 N–H and O–H groups in total. The molecule has 4 nitrogen and oxygen atoms in total. The molecule has 0 bridgehead atoms. The van der Waals surface area contributed by atoms with E-state index >= 15 is 0 Å². The lowest BCUT2D eigenvalue weighted by Crippen LogP contribution is -2.36. The minimum Gasteiger partial charge on any atom is -0.379 e. The average Bonchev–Trinajstić information content (AvgIpc) is 2.68. The van der Waals surface area contributed by atoms with Crippen LogP contribution in [-0.2, 0) is 22.6 Å². The molecule has 3 rings (SSSR count). The average molecular weight is 350 g/mol. The van der Waals surface area contributed by atoms with Crippen molar-refractivity contribution in [2.24, 2.45) is 0 Å². The van der Waals surface area contributed by atoms with Crippen molar-refractivity contribution >= 4 is 12.0 Å². The fourth-order valence-corrected chi connectivity index (χ4v) is 2.98. The van der Waals surface area contributed by atoms with Crippen molar-refractivity contribution in [3.63, 3.8) is 0 Å². The Morgan fingerprint density at radius 1 is 1.08 bits per heavy atom. The Kier molecular flexibility index (Phi) is 6.58. The second-order valence-electron chi connectivity index (χ2n) is 6.62. The predicted octanol–water partition coefficient (Wildman–Crippen LogP) is 3.16. The van der Waals surface area contributed by atoms with E-state index in [1.165, 1.54) is 11.1 Å². The molecule has 1 aliphatic heterocycles. The number of hydrogen-bond donors (Lipinski definition) is 1. The third kappa shape index (κ3) is 5.55. The third-order valence-electron chi connectivity index (χ3n) is 4.57. The Bertz CT molecular complexity index is 747. The molecule has 1 amide bonds. The summed E-state index contributed by atoms with van der Waals surface area (Å²) in [4.78, 5) is 14.5. The summed E-state index contributed by atoms with van der Waals surface area (Å²) < 4.78 is 5.41. The number of nitrogens with one attached hydrogen (secondary N) is 1. The Hall–Kier alpha value is -2.43. The number of hydrogen-bond acceptors (Lipinski definition) is 3. The highest BCUT2D eigenvalue weighted by atomic mass is 16.5. The van der Waals surface area contributed by atoms with Crippen molar-refractivity contribution in [2.45, 2.75) is 20.0 Å². The van der Waals surface area contributed by atoms with Gasteiger partial charge in [0.1, 0.15) is 0 Å². The molecule has 1 heterocycles. The van der Waals surface area contributed by atoms with E-state index < -0.39 is 0 Å². The lowest BCUT2D eigenvalue weighted by molar-refractivity contribution is -0.116. The first-order valence-electron chi connectivity index (χ1n) is 9.10.